The van der Waals surface area contributed by atoms with E-state index in [2.05, 4.69) is 21.4 Å². The van der Waals surface area contributed by atoms with Crippen molar-refractivity contribution in [1.82, 2.24) is 19.1 Å². The molecule has 4 nitrogen and oxygen atoms in total. The van der Waals surface area contributed by atoms with Gasteiger partial charge in [-0.3, -0.25) is 4.68 Å². The topological polar surface area (TPSA) is 43.6 Å². The van der Waals surface area contributed by atoms with Gasteiger partial charge in [0.2, 0.25) is 5.28 Å². The van der Waals surface area contributed by atoms with Crippen LogP contribution in [-0.4, -0.2) is 19.1 Å². The van der Waals surface area contributed by atoms with Crippen LogP contribution in [-0.2, 0) is 13.5 Å². The minimum absolute atomic E-state index is 0.296. The number of nitrogens with zero attached hydrogens (tertiary/aromatic N) is 4. The molecular weight excluding hydrogens is 220 g/mol. The lowest BCUT2D eigenvalue weighted by Crippen LogP contribution is -1.93. The van der Waals surface area contributed by atoms with E-state index < -0.39 is 0 Å². The summed E-state index contributed by atoms with van der Waals surface area (Å²) in [7, 11) is 1.89. The Morgan fingerprint density at radius 2 is 2.36 bits per heavy atom. The van der Waals surface area contributed by atoms with Crippen LogP contribution >= 0.6 is 23.1 Å². The molecule has 0 saturated heterocycles. The molecule has 0 N–H and O–H groups in total. The lowest BCUT2D eigenvalue weighted by atomic mass is 10.3. The predicted molar refractivity (Wildman–Crippen MR) is 56.5 cm³/mol. The number of rotatable bonds is 2. The molecule has 0 amide bonds. The van der Waals surface area contributed by atoms with Crippen LogP contribution in [0.3, 0.4) is 0 Å². The fourth-order valence-electron chi connectivity index (χ4n) is 1.21. The zero-order valence-electron chi connectivity index (χ0n) is 7.86. The van der Waals surface area contributed by atoms with Crippen molar-refractivity contribution in [2.45, 2.75) is 13.3 Å². The molecule has 0 spiro atoms. The van der Waals surface area contributed by atoms with Crippen molar-refractivity contribution in [1.29, 1.82) is 0 Å². The number of aryl methyl sites for hydroxylation is 2. The van der Waals surface area contributed by atoms with Gasteiger partial charge < -0.3 is 0 Å². The average Bonchev–Trinajstić information content (AvgIpc) is 2.71. The van der Waals surface area contributed by atoms with Gasteiger partial charge >= 0.3 is 0 Å². The second-order valence-corrected chi connectivity index (χ2v) is 3.96. The van der Waals surface area contributed by atoms with Crippen molar-refractivity contribution in [2.24, 2.45) is 7.05 Å². The van der Waals surface area contributed by atoms with Crippen LogP contribution in [0.1, 0.15) is 12.6 Å². The Morgan fingerprint density at radius 3 is 2.86 bits per heavy atom. The van der Waals surface area contributed by atoms with Gasteiger partial charge in [0.1, 0.15) is 0 Å². The number of halogens is 1. The summed E-state index contributed by atoms with van der Waals surface area (Å²) in [4.78, 5) is 4.10. The van der Waals surface area contributed by atoms with Gasteiger partial charge in [-0.2, -0.15) is 9.47 Å². The quantitative estimate of drug-likeness (QED) is 0.791. The second kappa shape index (κ2) is 3.67. The van der Waals surface area contributed by atoms with Gasteiger partial charge in [-0.25, -0.2) is 4.98 Å². The van der Waals surface area contributed by atoms with E-state index in [1.54, 1.807) is 4.68 Å². The summed E-state index contributed by atoms with van der Waals surface area (Å²) < 4.78 is 5.73. The fraction of sp³-hybridized carbons (Fsp3) is 0.375. The van der Waals surface area contributed by atoms with Crippen molar-refractivity contribution in [3.8, 4) is 10.7 Å². The largest absolute Gasteiger partial charge is 0.265 e. The van der Waals surface area contributed by atoms with Gasteiger partial charge in [0.05, 0.1) is 11.4 Å². The third kappa shape index (κ3) is 1.65. The lowest BCUT2D eigenvalue weighted by Gasteiger charge is -1.93. The Kier molecular flexibility index (Phi) is 2.52. The first kappa shape index (κ1) is 9.61. The normalized spacial score (nSPS) is 10.8. The van der Waals surface area contributed by atoms with E-state index in [-0.39, 0.29) is 0 Å². The van der Waals surface area contributed by atoms with E-state index in [1.807, 2.05) is 13.1 Å². The monoisotopic (exact) mass is 228 g/mol. The van der Waals surface area contributed by atoms with Gasteiger partial charge in [0.15, 0.2) is 5.01 Å². The molecule has 0 fully saturated rings. The van der Waals surface area contributed by atoms with Crippen LogP contribution in [0.25, 0.3) is 10.7 Å². The highest BCUT2D eigenvalue weighted by atomic mass is 35.5. The number of hydrogen-bond acceptors (Lipinski definition) is 4. The molecule has 0 atom stereocenters. The molecule has 2 aromatic heterocycles. The SMILES string of the molecule is CCc1cc(-c2nc(Cl)ns2)n(C)n1. The average molecular weight is 229 g/mol. The van der Waals surface area contributed by atoms with E-state index >= 15 is 0 Å². The molecule has 0 radical (unpaired) electrons. The van der Waals surface area contributed by atoms with Crippen LogP contribution in [0.15, 0.2) is 6.07 Å². The van der Waals surface area contributed by atoms with Crippen molar-refractivity contribution in [3.63, 3.8) is 0 Å². The molecule has 0 aliphatic carbocycles. The third-order valence-corrected chi connectivity index (χ3v) is 2.92. The molecule has 0 bridgehead atoms. The van der Waals surface area contributed by atoms with E-state index in [1.165, 1.54) is 11.5 Å². The van der Waals surface area contributed by atoms with Crippen molar-refractivity contribution < 1.29 is 0 Å². The first-order valence-electron chi connectivity index (χ1n) is 4.23. The van der Waals surface area contributed by atoms with Gasteiger partial charge in [0, 0.05) is 7.05 Å². The van der Waals surface area contributed by atoms with Gasteiger partial charge in [-0.1, -0.05) is 6.92 Å². The summed E-state index contributed by atoms with van der Waals surface area (Å²) in [5.41, 5.74) is 2.01. The Bertz CT molecular complexity index is 448. The standard InChI is InChI=1S/C8H9ClN4S/c1-3-5-4-6(13(2)11-5)7-10-8(9)12-14-7/h4H,3H2,1-2H3. The molecule has 0 aliphatic heterocycles. The van der Waals surface area contributed by atoms with E-state index in [4.69, 9.17) is 11.6 Å². The van der Waals surface area contributed by atoms with Crippen LogP contribution in [0.4, 0.5) is 0 Å². The Hall–Kier alpha value is -0.940. The minimum Gasteiger partial charge on any atom is -0.265 e. The highest BCUT2D eigenvalue weighted by Gasteiger charge is 2.10. The Morgan fingerprint density at radius 1 is 1.57 bits per heavy atom. The molecular formula is C8H9ClN4S. The van der Waals surface area contributed by atoms with E-state index in [0.717, 1.165) is 22.8 Å². The third-order valence-electron chi connectivity index (χ3n) is 1.91. The maximum Gasteiger partial charge on any atom is 0.234 e. The van der Waals surface area contributed by atoms with Gasteiger partial charge in [-0.05, 0) is 35.6 Å². The first-order valence-corrected chi connectivity index (χ1v) is 5.38. The highest BCUT2D eigenvalue weighted by molar-refractivity contribution is 7.09. The molecule has 2 rings (SSSR count). The molecule has 2 heterocycles. The zero-order chi connectivity index (χ0) is 10.1. The summed E-state index contributed by atoms with van der Waals surface area (Å²) in [6.45, 7) is 2.07. The van der Waals surface area contributed by atoms with Crippen LogP contribution in [0.5, 0.6) is 0 Å². The number of aromatic nitrogens is 4. The summed E-state index contributed by atoms with van der Waals surface area (Å²) in [5.74, 6) is 0. The van der Waals surface area contributed by atoms with Crippen LogP contribution in [0, 0.1) is 0 Å². The summed E-state index contributed by atoms with van der Waals surface area (Å²) in [6.07, 6.45) is 0.917. The Balaban J connectivity index is 2.45. The van der Waals surface area contributed by atoms with Crippen LogP contribution < -0.4 is 0 Å². The maximum absolute atomic E-state index is 5.66. The van der Waals surface area contributed by atoms with Gasteiger partial charge in [-0.15, -0.1) is 0 Å². The molecule has 0 unspecified atom stereocenters. The van der Waals surface area contributed by atoms with E-state index in [0.29, 0.717) is 5.28 Å². The fourth-order valence-corrected chi connectivity index (χ4v) is 2.06. The molecule has 14 heavy (non-hydrogen) atoms. The molecule has 74 valence electrons. The van der Waals surface area contributed by atoms with E-state index in [9.17, 15) is 0 Å². The summed E-state index contributed by atoms with van der Waals surface area (Å²) in [6, 6.07) is 2.01. The van der Waals surface area contributed by atoms with Crippen molar-refractivity contribution in [2.75, 3.05) is 0 Å². The summed E-state index contributed by atoms with van der Waals surface area (Å²) >= 11 is 6.95. The predicted octanol–water partition coefficient (Wildman–Crippen LogP) is 2.15. The molecule has 0 aliphatic rings. The molecule has 2 aromatic rings. The minimum atomic E-state index is 0.296. The smallest absolute Gasteiger partial charge is 0.234 e. The Labute approximate surface area is 90.7 Å². The van der Waals surface area contributed by atoms with Gasteiger partial charge in [0.25, 0.3) is 0 Å². The zero-order valence-corrected chi connectivity index (χ0v) is 9.43. The highest BCUT2D eigenvalue weighted by Crippen LogP contribution is 2.23. The number of hydrogen-bond donors (Lipinski definition) is 0. The molecule has 0 saturated carbocycles. The first-order chi connectivity index (χ1) is 6.70. The summed E-state index contributed by atoms with van der Waals surface area (Å²) in [5, 5.41) is 5.43. The second-order valence-electron chi connectivity index (χ2n) is 2.87. The van der Waals surface area contributed by atoms with Crippen molar-refractivity contribution >= 4 is 23.1 Å². The van der Waals surface area contributed by atoms with Crippen LogP contribution in [0.2, 0.25) is 5.28 Å². The molecule has 0 aromatic carbocycles. The molecule has 6 heteroatoms. The lowest BCUT2D eigenvalue weighted by molar-refractivity contribution is 0.752. The maximum atomic E-state index is 5.66. The van der Waals surface area contributed by atoms with Crippen molar-refractivity contribution in [3.05, 3.63) is 17.0 Å².